The van der Waals surface area contributed by atoms with Crippen LogP contribution in [0.2, 0.25) is 0 Å². The lowest BCUT2D eigenvalue weighted by atomic mass is 9.96. The molecule has 0 saturated carbocycles. The van der Waals surface area contributed by atoms with E-state index < -0.39 is 0 Å². The van der Waals surface area contributed by atoms with Gasteiger partial charge in [0.25, 0.3) is 0 Å². The van der Waals surface area contributed by atoms with E-state index in [0.717, 1.165) is 44.1 Å². The second kappa shape index (κ2) is 11.3. The molecular weight excluding hydrogens is 420 g/mol. The summed E-state index contributed by atoms with van der Waals surface area (Å²) in [5.41, 5.74) is 4.74. The fourth-order valence-corrected chi connectivity index (χ4v) is 4.67. The van der Waals surface area contributed by atoms with E-state index in [0.29, 0.717) is 6.42 Å². The molecule has 1 aliphatic rings. The van der Waals surface area contributed by atoms with Crippen LogP contribution in [0.15, 0.2) is 84.9 Å². The van der Waals surface area contributed by atoms with Crippen molar-refractivity contribution in [1.82, 2.24) is 9.80 Å². The van der Waals surface area contributed by atoms with Gasteiger partial charge in [-0.25, -0.2) is 0 Å². The number of benzene rings is 3. The van der Waals surface area contributed by atoms with Crippen LogP contribution in [0.4, 0.5) is 11.4 Å². The number of rotatable bonds is 8. The van der Waals surface area contributed by atoms with E-state index >= 15 is 0 Å². The van der Waals surface area contributed by atoms with Crippen molar-refractivity contribution in [3.8, 4) is 0 Å². The van der Waals surface area contributed by atoms with Crippen molar-refractivity contribution in [1.29, 1.82) is 0 Å². The van der Waals surface area contributed by atoms with Gasteiger partial charge in [0, 0.05) is 71.7 Å². The van der Waals surface area contributed by atoms with Crippen molar-refractivity contribution >= 4 is 17.3 Å². The first-order valence-electron chi connectivity index (χ1n) is 12.1. The number of carbonyl (C=O) groups is 1. The van der Waals surface area contributed by atoms with Crippen LogP contribution in [0.1, 0.15) is 23.6 Å². The first kappa shape index (κ1) is 24.0. The summed E-state index contributed by atoms with van der Waals surface area (Å²) >= 11 is 0. The van der Waals surface area contributed by atoms with Gasteiger partial charge in [-0.1, -0.05) is 60.7 Å². The first-order valence-corrected chi connectivity index (χ1v) is 12.1. The third-order valence-electron chi connectivity index (χ3n) is 6.77. The van der Waals surface area contributed by atoms with Gasteiger partial charge in [0.15, 0.2) is 0 Å². The summed E-state index contributed by atoms with van der Waals surface area (Å²) in [7, 11) is 5.91. The van der Waals surface area contributed by atoms with Gasteiger partial charge in [0.05, 0.1) is 6.04 Å². The molecule has 5 nitrogen and oxygen atoms in total. The molecule has 1 amide bonds. The zero-order chi connectivity index (χ0) is 23.9. The summed E-state index contributed by atoms with van der Waals surface area (Å²) in [6.45, 7) is 4.73. The zero-order valence-corrected chi connectivity index (χ0v) is 20.6. The lowest BCUT2D eigenvalue weighted by Crippen LogP contribution is -2.48. The number of hydrogen-bond acceptors (Lipinski definition) is 4. The molecule has 0 radical (unpaired) electrons. The van der Waals surface area contributed by atoms with Crippen LogP contribution in [0.3, 0.4) is 0 Å². The number of anilines is 2. The van der Waals surface area contributed by atoms with E-state index in [1.165, 1.54) is 11.1 Å². The van der Waals surface area contributed by atoms with Crippen molar-refractivity contribution in [3.63, 3.8) is 0 Å². The number of nitrogens with zero attached hydrogens (tertiary/aromatic N) is 4. The standard InChI is InChI=1S/C29H36N4O/c1-30(2)26-14-16-27(17-15-26)31(3)28(34)18-19-32-20-22-33(23-21-32)29(24-10-6-4-7-11-24)25-12-8-5-9-13-25/h4-17,29H,18-23H2,1-3H3. The van der Waals surface area contributed by atoms with E-state index in [-0.39, 0.29) is 11.9 Å². The fourth-order valence-electron chi connectivity index (χ4n) is 4.67. The summed E-state index contributed by atoms with van der Waals surface area (Å²) in [6.07, 6.45) is 0.534. The zero-order valence-electron chi connectivity index (χ0n) is 20.6. The van der Waals surface area contributed by atoms with E-state index in [4.69, 9.17) is 0 Å². The molecule has 3 aromatic carbocycles. The molecule has 0 bridgehead atoms. The monoisotopic (exact) mass is 456 g/mol. The van der Waals surface area contributed by atoms with Gasteiger partial charge in [-0.3, -0.25) is 9.69 Å². The summed E-state index contributed by atoms with van der Waals surface area (Å²) in [5.74, 6) is 0.159. The van der Waals surface area contributed by atoms with Gasteiger partial charge in [-0.2, -0.15) is 0 Å². The third-order valence-corrected chi connectivity index (χ3v) is 6.77. The van der Waals surface area contributed by atoms with Crippen molar-refractivity contribution < 1.29 is 4.79 Å². The minimum absolute atomic E-state index is 0.159. The van der Waals surface area contributed by atoms with Crippen molar-refractivity contribution in [2.75, 3.05) is 63.7 Å². The Kier molecular flexibility index (Phi) is 7.99. The number of piperazine rings is 1. The molecular formula is C29H36N4O. The van der Waals surface area contributed by atoms with Crippen molar-refractivity contribution in [2.24, 2.45) is 0 Å². The Labute approximate surface area is 204 Å². The summed E-state index contributed by atoms with van der Waals surface area (Å²) in [4.78, 5) is 21.7. The van der Waals surface area contributed by atoms with E-state index in [1.807, 2.05) is 45.4 Å². The maximum atomic E-state index is 12.8. The van der Waals surface area contributed by atoms with Crippen LogP contribution in [0.5, 0.6) is 0 Å². The minimum Gasteiger partial charge on any atom is -0.378 e. The number of carbonyl (C=O) groups excluding carboxylic acids is 1. The van der Waals surface area contributed by atoms with Gasteiger partial charge in [-0.05, 0) is 35.4 Å². The van der Waals surface area contributed by atoms with Crippen LogP contribution < -0.4 is 9.80 Å². The molecule has 0 aromatic heterocycles. The molecule has 0 N–H and O–H groups in total. The maximum absolute atomic E-state index is 12.8. The van der Waals surface area contributed by atoms with Gasteiger partial charge in [0.1, 0.15) is 0 Å². The Morgan fingerprint density at radius 2 is 1.24 bits per heavy atom. The van der Waals surface area contributed by atoms with E-state index in [9.17, 15) is 4.79 Å². The summed E-state index contributed by atoms with van der Waals surface area (Å²) in [5, 5.41) is 0. The largest absolute Gasteiger partial charge is 0.378 e. The first-order chi connectivity index (χ1) is 16.5. The molecule has 1 heterocycles. The lowest BCUT2D eigenvalue weighted by molar-refractivity contribution is -0.118. The quantitative estimate of drug-likeness (QED) is 0.499. The van der Waals surface area contributed by atoms with E-state index in [2.05, 4.69) is 75.4 Å². The molecule has 34 heavy (non-hydrogen) atoms. The van der Waals surface area contributed by atoms with Crippen LogP contribution in [0.25, 0.3) is 0 Å². The molecule has 4 rings (SSSR count). The van der Waals surface area contributed by atoms with Crippen LogP contribution in [-0.4, -0.2) is 69.6 Å². The Morgan fingerprint density at radius 3 is 1.74 bits per heavy atom. The molecule has 1 fully saturated rings. The highest BCUT2D eigenvalue weighted by molar-refractivity contribution is 5.93. The van der Waals surface area contributed by atoms with Gasteiger partial charge in [-0.15, -0.1) is 0 Å². The minimum atomic E-state index is 0.159. The Bertz CT molecular complexity index is 989. The highest BCUT2D eigenvalue weighted by atomic mass is 16.2. The number of amides is 1. The van der Waals surface area contributed by atoms with Crippen molar-refractivity contribution in [2.45, 2.75) is 12.5 Å². The second-order valence-corrected chi connectivity index (χ2v) is 9.22. The Balaban J connectivity index is 1.32. The molecule has 0 atom stereocenters. The maximum Gasteiger partial charge on any atom is 0.228 e. The van der Waals surface area contributed by atoms with Gasteiger partial charge >= 0.3 is 0 Å². The Hall–Kier alpha value is -3.15. The SMILES string of the molecule is CN(C)c1ccc(N(C)C(=O)CCN2CCN(C(c3ccccc3)c3ccccc3)CC2)cc1. The van der Waals surface area contributed by atoms with Crippen LogP contribution in [-0.2, 0) is 4.79 Å². The average molecular weight is 457 g/mol. The molecule has 0 spiro atoms. The molecule has 178 valence electrons. The van der Waals surface area contributed by atoms with Gasteiger partial charge in [0.2, 0.25) is 5.91 Å². The summed E-state index contributed by atoms with van der Waals surface area (Å²) in [6, 6.07) is 29.9. The summed E-state index contributed by atoms with van der Waals surface area (Å²) < 4.78 is 0. The van der Waals surface area contributed by atoms with Crippen LogP contribution >= 0.6 is 0 Å². The molecule has 5 heteroatoms. The highest BCUT2D eigenvalue weighted by Gasteiger charge is 2.26. The Morgan fingerprint density at radius 1 is 0.735 bits per heavy atom. The van der Waals surface area contributed by atoms with E-state index in [1.54, 1.807) is 4.90 Å². The third kappa shape index (κ3) is 5.85. The normalized spacial score (nSPS) is 14.8. The number of hydrogen-bond donors (Lipinski definition) is 0. The average Bonchev–Trinajstić information content (AvgIpc) is 2.89. The predicted octanol–water partition coefficient (Wildman–Crippen LogP) is 4.51. The molecule has 1 aliphatic heterocycles. The molecule has 0 unspecified atom stereocenters. The fraction of sp³-hybridized carbons (Fsp3) is 0.345. The molecule has 1 saturated heterocycles. The smallest absolute Gasteiger partial charge is 0.228 e. The molecule has 3 aromatic rings. The predicted molar refractivity (Wildman–Crippen MR) is 142 cm³/mol. The second-order valence-electron chi connectivity index (χ2n) is 9.22. The van der Waals surface area contributed by atoms with Gasteiger partial charge < -0.3 is 14.7 Å². The van der Waals surface area contributed by atoms with Crippen LogP contribution in [0, 0.1) is 0 Å². The highest BCUT2D eigenvalue weighted by Crippen LogP contribution is 2.29. The molecule has 0 aliphatic carbocycles. The lowest BCUT2D eigenvalue weighted by Gasteiger charge is -2.40. The van der Waals surface area contributed by atoms with Crippen molar-refractivity contribution in [3.05, 3.63) is 96.1 Å². The topological polar surface area (TPSA) is 30.0 Å².